The molecule has 10 heteroatoms. The number of nitro groups is 1. The Bertz CT molecular complexity index is 914. The van der Waals surface area contributed by atoms with Crippen molar-refractivity contribution in [3.8, 4) is 0 Å². The Morgan fingerprint density at radius 2 is 2.03 bits per heavy atom. The summed E-state index contributed by atoms with van der Waals surface area (Å²) in [6.07, 6.45) is 3.08. The van der Waals surface area contributed by atoms with Crippen LogP contribution in [0.25, 0.3) is 0 Å². The molecule has 3 rings (SSSR count). The number of nitrogens with one attached hydrogen (secondary N) is 1. The van der Waals surface area contributed by atoms with E-state index >= 15 is 0 Å². The SMILES string of the molecule is CCOC(=O)c1ccccc1Nc1ncnc(N(C)C2CCN(C)CC2)c1[N+](=O)[O-]. The molecule has 0 amide bonds. The Labute approximate surface area is 175 Å². The van der Waals surface area contributed by atoms with E-state index in [-0.39, 0.29) is 35.5 Å². The molecule has 1 aliphatic heterocycles. The molecule has 0 atom stereocenters. The highest BCUT2D eigenvalue weighted by Crippen LogP contribution is 2.35. The van der Waals surface area contributed by atoms with Crippen LogP contribution in [0, 0.1) is 10.1 Å². The lowest BCUT2D eigenvalue weighted by molar-refractivity contribution is -0.383. The number of nitrogens with zero attached hydrogens (tertiary/aromatic N) is 5. The molecular weight excluding hydrogens is 388 g/mol. The van der Waals surface area contributed by atoms with Gasteiger partial charge in [0.2, 0.25) is 11.6 Å². The number of hydrogen-bond donors (Lipinski definition) is 1. The van der Waals surface area contributed by atoms with Crippen LogP contribution in [0.5, 0.6) is 0 Å². The molecule has 0 saturated carbocycles. The number of anilines is 3. The maximum absolute atomic E-state index is 12.2. The summed E-state index contributed by atoms with van der Waals surface area (Å²) in [4.78, 5) is 36.1. The van der Waals surface area contributed by atoms with Gasteiger partial charge < -0.3 is 19.9 Å². The third kappa shape index (κ3) is 4.65. The molecule has 1 aliphatic rings. The highest BCUT2D eigenvalue weighted by molar-refractivity contribution is 5.96. The van der Waals surface area contributed by atoms with Crippen molar-refractivity contribution in [2.24, 2.45) is 0 Å². The summed E-state index contributed by atoms with van der Waals surface area (Å²) in [7, 11) is 3.88. The van der Waals surface area contributed by atoms with Crippen LogP contribution >= 0.6 is 0 Å². The van der Waals surface area contributed by atoms with Crippen molar-refractivity contribution in [3.63, 3.8) is 0 Å². The fraction of sp³-hybridized carbons (Fsp3) is 0.450. The standard InChI is InChI=1S/C20H26N6O4/c1-4-30-20(27)15-7-5-6-8-16(15)23-18-17(26(28)29)19(22-13-21-18)25(3)14-9-11-24(2)12-10-14/h5-8,13-14H,4,9-12H2,1-3H3,(H,21,22,23). The molecule has 1 N–H and O–H groups in total. The predicted octanol–water partition coefficient (Wildman–Crippen LogP) is 2.84. The minimum atomic E-state index is -0.513. The van der Waals surface area contributed by atoms with Gasteiger partial charge in [-0.15, -0.1) is 0 Å². The number of likely N-dealkylation sites (tertiary alicyclic amines) is 1. The van der Waals surface area contributed by atoms with Gasteiger partial charge in [0.1, 0.15) is 6.33 Å². The van der Waals surface area contributed by atoms with E-state index in [1.165, 1.54) is 6.33 Å². The van der Waals surface area contributed by atoms with E-state index in [1.54, 1.807) is 31.2 Å². The number of piperidine rings is 1. The molecule has 2 aromatic rings. The van der Waals surface area contributed by atoms with Gasteiger partial charge in [0.25, 0.3) is 0 Å². The van der Waals surface area contributed by atoms with Crippen LogP contribution in [0.15, 0.2) is 30.6 Å². The first-order valence-corrected chi connectivity index (χ1v) is 9.86. The molecule has 0 aliphatic carbocycles. The number of hydrogen-bond acceptors (Lipinski definition) is 9. The van der Waals surface area contributed by atoms with Gasteiger partial charge >= 0.3 is 11.7 Å². The van der Waals surface area contributed by atoms with Crippen LogP contribution in [0.1, 0.15) is 30.1 Å². The summed E-state index contributed by atoms with van der Waals surface area (Å²) in [6.45, 7) is 3.79. The first-order valence-electron chi connectivity index (χ1n) is 9.86. The lowest BCUT2D eigenvalue weighted by Gasteiger charge is -2.35. The Morgan fingerprint density at radius 1 is 1.33 bits per heavy atom. The van der Waals surface area contributed by atoms with Crippen molar-refractivity contribution in [1.82, 2.24) is 14.9 Å². The van der Waals surface area contributed by atoms with Crippen LogP contribution in [0.4, 0.5) is 23.0 Å². The molecule has 0 unspecified atom stereocenters. The second-order valence-electron chi connectivity index (χ2n) is 7.19. The molecule has 1 aromatic carbocycles. The third-order valence-electron chi connectivity index (χ3n) is 5.23. The van der Waals surface area contributed by atoms with Gasteiger partial charge in [-0.3, -0.25) is 10.1 Å². The maximum atomic E-state index is 12.2. The number of ether oxygens (including phenoxy) is 1. The van der Waals surface area contributed by atoms with Gasteiger partial charge in [0.05, 0.1) is 22.8 Å². The van der Waals surface area contributed by atoms with Gasteiger partial charge in [0, 0.05) is 13.1 Å². The molecular formula is C20H26N6O4. The van der Waals surface area contributed by atoms with E-state index in [0.29, 0.717) is 5.69 Å². The minimum absolute atomic E-state index is 0.0292. The summed E-state index contributed by atoms with van der Waals surface area (Å²) in [6, 6.07) is 6.82. The van der Waals surface area contributed by atoms with Gasteiger partial charge in [0.15, 0.2) is 0 Å². The number of aromatic nitrogens is 2. The van der Waals surface area contributed by atoms with Crippen molar-refractivity contribution in [3.05, 3.63) is 46.3 Å². The first-order chi connectivity index (χ1) is 14.4. The van der Waals surface area contributed by atoms with E-state index in [9.17, 15) is 14.9 Å². The summed E-state index contributed by atoms with van der Waals surface area (Å²) in [5, 5.41) is 14.9. The van der Waals surface area contributed by atoms with E-state index < -0.39 is 10.9 Å². The quantitative estimate of drug-likeness (QED) is 0.415. The van der Waals surface area contributed by atoms with Crippen LogP contribution in [-0.4, -0.2) is 65.6 Å². The Kier molecular flexibility index (Phi) is 6.78. The number of esters is 1. The molecule has 1 saturated heterocycles. The van der Waals surface area contributed by atoms with E-state index in [4.69, 9.17) is 4.74 Å². The van der Waals surface area contributed by atoms with Gasteiger partial charge in [-0.2, -0.15) is 0 Å². The molecule has 0 spiro atoms. The number of benzene rings is 1. The fourth-order valence-electron chi connectivity index (χ4n) is 3.55. The molecule has 0 bridgehead atoms. The van der Waals surface area contributed by atoms with Crippen LogP contribution < -0.4 is 10.2 Å². The van der Waals surface area contributed by atoms with Gasteiger partial charge in [-0.1, -0.05) is 12.1 Å². The van der Waals surface area contributed by atoms with Gasteiger partial charge in [-0.05, 0) is 52.0 Å². The second kappa shape index (κ2) is 9.49. The number of para-hydroxylation sites is 1. The lowest BCUT2D eigenvalue weighted by Crippen LogP contribution is -2.42. The average molecular weight is 414 g/mol. The average Bonchev–Trinajstić information content (AvgIpc) is 2.74. The Hall–Kier alpha value is -3.27. The van der Waals surface area contributed by atoms with Crippen LogP contribution in [0.2, 0.25) is 0 Å². The smallest absolute Gasteiger partial charge is 0.353 e. The van der Waals surface area contributed by atoms with Crippen molar-refractivity contribution in [2.75, 3.05) is 44.0 Å². The van der Waals surface area contributed by atoms with E-state index in [2.05, 4.69) is 27.2 Å². The largest absolute Gasteiger partial charge is 0.462 e. The predicted molar refractivity (Wildman–Crippen MR) is 113 cm³/mol. The van der Waals surface area contributed by atoms with Crippen molar-refractivity contribution in [2.45, 2.75) is 25.8 Å². The zero-order valence-electron chi connectivity index (χ0n) is 17.4. The molecule has 30 heavy (non-hydrogen) atoms. The Morgan fingerprint density at radius 3 is 2.70 bits per heavy atom. The molecule has 2 heterocycles. The van der Waals surface area contributed by atoms with E-state index in [1.807, 2.05) is 11.9 Å². The van der Waals surface area contributed by atoms with Crippen LogP contribution in [0.3, 0.4) is 0 Å². The molecule has 1 fully saturated rings. The monoisotopic (exact) mass is 414 g/mol. The molecule has 160 valence electrons. The second-order valence-corrected chi connectivity index (χ2v) is 7.19. The summed E-state index contributed by atoms with van der Waals surface area (Å²) in [5.74, 6) is -0.233. The fourth-order valence-corrected chi connectivity index (χ4v) is 3.55. The maximum Gasteiger partial charge on any atom is 0.353 e. The van der Waals surface area contributed by atoms with Crippen LogP contribution in [-0.2, 0) is 4.74 Å². The summed E-state index contributed by atoms with van der Waals surface area (Å²) in [5.41, 5.74) is 0.431. The third-order valence-corrected chi connectivity index (χ3v) is 5.23. The Balaban J connectivity index is 1.95. The minimum Gasteiger partial charge on any atom is -0.462 e. The summed E-state index contributed by atoms with van der Waals surface area (Å²) >= 11 is 0. The van der Waals surface area contributed by atoms with Crippen molar-refractivity contribution in [1.29, 1.82) is 0 Å². The normalized spacial score (nSPS) is 14.9. The molecule has 0 radical (unpaired) electrons. The van der Waals surface area contributed by atoms with Crippen molar-refractivity contribution < 1.29 is 14.5 Å². The zero-order valence-corrected chi connectivity index (χ0v) is 17.4. The number of carbonyl (C=O) groups excluding carboxylic acids is 1. The zero-order chi connectivity index (χ0) is 21.7. The topological polar surface area (TPSA) is 114 Å². The van der Waals surface area contributed by atoms with Gasteiger partial charge in [-0.25, -0.2) is 14.8 Å². The van der Waals surface area contributed by atoms with Crippen molar-refractivity contribution >= 4 is 29.0 Å². The number of carbonyl (C=O) groups is 1. The first kappa shape index (κ1) is 21.4. The highest BCUT2D eigenvalue weighted by Gasteiger charge is 2.30. The van der Waals surface area contributed by atoms with E-state index in [0.717, 1.165) is 25.9 Å². The number of rotatable bonds is 7. The lowest BCUT2D eigenvalue weighted by atomic mass is 10.0. The highest BCUT2D eigenvalue weighted by atomic mass is 16.6. The molecule has 1 aromatic heterocycles. The summed E-state index contributed by atoms with van der Waals surface area (Å²) < 4.78 is 5.08. The molecule has 10 nitrogen and oxygen atoms in total.